The van der Waals surface area contributed by atoms with E-state index in [0.717, 1.165) is 18.5 Å². The maximum Gasteiger partial charge on any atom is 0.251 e. The van der Waals surface area contributed by atoms with Crippen molar-refractivity contribution in [2.24, 2.45) is 5.84 Å². The molecule has 0 saturated heterocycles. The predicted molar refractivity (Wildman–Crippen MR) is 82.0 cm³/mol. The standard InChI is InChI=1S/C15H24N4O2/c1-15(2,3)12-5-9(6-13(18-12)19-16)14(20)17-10-7-11(8-10)21-4/h5-6,10-11H,7-8,16H2,1-4H3,(H,17,20)(H,18,19). The largest absolute Gasteiger partial charge is 0.381 e. The molecule has 2 rings (SSSR count). The van der Waals surface area contributed by atoms with E-state index in [1.54, 1.807) is 13.2 Å². The van der Waals surface area contributed by atoms with Crippen LogP contribution in [0.3, 0.4) is 0 Å². The summed E-state index contributed by atoms with van der Waals surface area (Å²) in [7, 11) is 1.69. The molecule has 1 amide bonds. The van der Waals surface area contributed by atoms with Gasteiger partial charge in [0.05, 0.1) is 6.10 Å². The second-order valence-electron chi connectivity index (χ2n) is 6.52. The Morgan fingerprint density at radius 2 is 2.05 bits per heavy atom. The number of pyridine rings is 1. The van der Waals surface area contributed by atoms with Gasteiger partial charge in [-0.25, -0.2) is 10.8 Å². The van der Waals surface area contributed by atoms with Crippen LogP contribution in [0.25, 0.3) is 0 Å². The van der Waals surface area contributed by atoms with Crippen molar-refractivity contribution in [3.63, 3.8) is 0 Å². The topological polar surface area (TPSA) is 89.3 Å². The molecule has 0 aliphatic heterocycles. The lowest BCUT2D eigenvalue weighted by atomic mass is 9.88. The Labute approximate surface area is 125 Å². The number of nitrogens with two attached hydrogens (primary N) is 1. The van der Waals surface area contributed by atoms with Crippen LogP contribution in [0.5, 0.6) is 0 Å². The molecule has 21 heavy (non-hydrogen) atoms. The van der Waals surface area contributed by atoms with Gasteiger partial charge in [-0.3, -0.25) is 4.79 Å². The van der Waals surface area contributed by atoms with Gasteiger partial charge in [-0.1, -0.05) is 20.8 Å². The quantitative estimate of drug-likeness (QED) is 0.579. The summed E-state index contributed by atoms with van der Waals surface area (Å²) in [5.41, 5.74) is 3.77. The van der Waals surface area contributed by atoms with Gasteiger partial charge in [-0.15, -0.1) is 0 Å². The van der Waals surface area contributed by atoms with Gasteiger partial charge in [0.2, 0.25) is 0 Å². The number of amides is 1. The molecular weight excluding hydrogens is 268 g/mol. The van der Waals surface area contributed by atoms with Gasteiger partial charge in [0.25, 0.3) is 5.91 Å². The van der Waals surface area contributed by atoms with Gasteiger partial charge in [-0.2, -0.15) is 0 Å². The van der Waals surface area contributed by atoms with Crippen molar-refractivity contribution in [2.45, 2.75) is 51.2 Å². The normalized spacial score (nSPS) is 21.6. The van der Waals surface area contributed by atoms with Gasteiger partial charge < -0.3 is 15.5 Å². The minimum atomic E-state index is -0.153. The molecule has 0 bridgehead atoms. The summed E-state index contributed by atoms with van der Waals surface area (Å²) in [4.78, 5) is 16.7. The molecule has 1 fully saturated rings. The molecule has 0 spiro atoms. The molecule has 1 aromatic heterocycles. The zero-order valence-electron chi connectivity index (χ0n) is 13.1. The molecule has 1 aliphatic carbocycles. The third-order valence-corrected chi connectivity index (χ3v) is 3.77. The Hall–Kier alpha value is -1.66. The van der Waals surface area contributed by atoms with Crippen LogP contribution >= 0.6 is 0 Å². The average Bonchev–Trinajstić information content (AvgIpc) is 2.40. The van der Waals surface area contributed by atoms with Crippen molar-refractivity contribution in [3.8, 4) is 0 Å². The van der Waals surface area contributed by atoms with Crippen molar-refractivity contribution < 1.29 is 9.53 Å². The smallest absolute Gasteiger partial charge is 0.251 e. The first-order chi connectivity index (χ1) is 9.83. The maximum atomic E-state index is 12.3. The fraction of sp³-hybridized carbons (Fsp3) is 0.600. The minimum absolute atomic E-state index is 0.0982. The van der Waals surface area contributed by atoms with Gasteiger partial charge >= 0.3 is 0 Å². The van der Waals surface area contributed by atoms with E-state index in [9.17, 15) is 4.79 Å². The van der Waals surface area contributed by atoms with Crippen LogP contribution < -0.4 is 16.6 Å². The fourth-order valence-corrected chi connectivity index (χ4v) is 2.26. The number of hydrazine groups is 1. The summed E-state index contributed by atoms with van der Waals surface area (Å²) < 4.78 is 5.22. The lowest BCUT2D eigenvalue weighted by Gasteiger charge is -2.34. The number of carbonyl (C=O) groups excluding carboxylic acids is 1. The van der Waals surface area contributed by atoms with Gasteiger partial charge in [-0.05, 0) is 25.0 Å². The van der Waals surface area contributed by atoms with Crippen molar-refractivity contribution in [1.82, 2.24) is 10.3 Å². The molecule has 116 valence electrons. The van der Waals surface area contributed by atoms with E-state index in [4.69, 9.17) is 10.6 Å². The highest BCUT2D eigenvalue weighted by molar-refractivity contribution is 5.95. The maximum absolute atomic E-state index is 12.3. The van der Waals surface area contributed by atoms with Crippen LogP contribution in [0.4, 0.5) is 5.82 Å². The van der Waals surface area contributed by atoms with Gasteiger partial charge in [0.15, 0.2) is 0 Å². The molecule has 1 saturated carbocycles. The van der Waals surface area contributed by atoms with E-state index in [0.29, 0.717) is 11.4 Å². The first-order valence-electron chi connectivity index (χ1n) is 7.16. The van der Waals surface area contributed by atoms with E-state index in [2.05, 4.69) is 15.7 Å². The van der Waals surface area contributed by atoms with E-state index >= 15 is 0 Å². The molecule has 6 nitrogen and oxygen atoms in total. The Morgan fingerprint density at radius 3 is 2.57 bits per heavy atom. The minimum Gasteiger partial charge on any atom is -0.381 e. The van der Waals surface area contributed by atoms with Crippen LogP contribution in [0.15, 0.2) is 12.1 Å². The van der Waals surface area contributed by atoms with E-state index in [1.807, 2.05) is 26.8 Å². The van der Waals surface area contributed by atoms with Crippen LogP contribution in [0.2, 0.25) is 0 Å². The molecule has 0 atom stereocenters. The van der Waals surface area contributed by atoms with Gasteiger partial charge in [0, 0.05) is 29.8 Å². The van der Waals surface area contributed by atoms with Crippen molar-refractivity contribution >= 4 is 11.7 Å². The summed E-state index contributed by atoms with van der Waals surface area (Å²) in [5, 5.41) is 3.01. The number of hydrogen-bond acceptors (Lipinski definition) is 5. The fourth-order valence-electron chi connectivity index (χ4n) is 2.26. The zero-order chi connectivity index (χ0) is 15.6. The lowest BCUT2D eigenvalue weighted by molar-refractivity contribution is 0.0176. The number of hydrogen-bond donors (Lipinski definition) is 3. The Bertz CT molecular complexity index is 519. The highest BCUT2D eigenvalue weighted by Gasteiger charge is 2.30. The summed E-state index contributed by atoms with van der Waals surface area (Å²) in [6, 6.07) is 3.67. The molecular formula is C15H24N4O2. The van der Waals surface area contributed by atoms with Crippen molar-refractivity contribution in [2.75, 3.05) is 12.5 Å². The van der Waals surface area contributed by atoms with Crippen molar-refractivity contribution in [3.05, 3.63) is 23.4 Å². The second-order valence-corrected chi connectivity index (χ2v) is 6.52. The molecule has 1 heterocycles. The highest BCUT2D eigenvalue weighted by Crippen LogP contribution is 2.25. The van der Waals surface area contributed by atoms with Crippen LogP contribution in [-0.4, -0.2) is 30.1 Å². The molecule has 1 aliphatic rings. The Morgan fingerprint density at radius 1 is 1.38 bits per heavy atom. The summed E-state index contributed by atoms with van der Waals surface area (Å²) >= 11 is 0. The molecule has 0 radical (unpaired) electrons. The summed E-state index contributed by atoms with van der Waals surface area (Å²) in [5.74, 6) is 5.84. The number of carbonyl (C=O) groups is 1. The number of ether oxygens (including phenoxy) is 1. The number of rotatable bonds is 4. The van der Waals surface area contributed by atoms with Crippen LogP contribution in [0, 0.1) is 0 Å². The lowest BCUT2D eigenvalue weighted by Crippen LogP contribution is -2.47. The Balaban J connectivity index is 2.13. The number of aromatic nitrogens is 1. The third kappa shape index (κ3) is 3.71. The summed E-state index contributed by atoms with van der Waals surface area (Å²) in [6.07, 6.45) is 1.99. The molecule has 1 aromatic rings. The monoisotopic (exact) mass is 292 g/mol. The number of nitrogen functional groups attached to an aromatic ring is 1. The number of anilines is 1. The first-order valence-corrected chi connectivity index (χ1v) is 7.16. The first kappa shape index (κ1) is 15.7. The SMILES string of the molecule is COC1CC(NC(=O)c2cc(NN)nc(C(C)(C)C)c2)C1. The number of nitrogens with zero attached hydrogens (tertiary/aromatic N) is 1. The van der Waals surface area contributed by atoms with E-state index < -0.39 is 0 Å². The number of methoxy groups -OCH3 is 1. The predicted octanol–water partition coefficient (Wildman–Crippen LogP) is 1.57. The van der Waals surface area contributed by atoms with Gasteiger partial charge in [0.1, 0.15) is 5.82 Å². The highest BCUT2D eigenvalue weighted by atomic mass is 16.5. The molecule has 0 unspecified atom stereocenters. The Kier molecular flexibility index (Phi) is 4.49. The average molecular weight is 292 g/mol. The molecule has 0 aromatic carbocycles. The zero-order valence-corrected chi connectivity index (χ0v) is 13.1. The molecule has 4 N–H and O–H groups in total. The van der Waals surface area contributed by atoms with Crippen LogP contribution in [-0.2, 0) is 10.2 Å². The second kappa shape index (κ2) is 5.99. The summed E-state index contributed by atoms with van der Waals surface area (Å²) in [6.45, 7) is 6.14. The van der Waals surface area contributed by atoms with Crippen LogP contribution in [0.1, 0.15) is 49.7 Å². The number of nitrogens with one attached hydrogen (secondary N) is 2. The van der Waals surface area contributed by atoms with E-state index in [1.165, 1.54) is 0 Å². The molecule has 6 heteroatoms. The van der Waals surface area contributed by atoms with E-state index in [-0.39, 0.29) is 23.5 Å². The van der Waals surface area contributed by atoms with Crippen molar-refractivity contribution in [1.29, 1.82) is 0 Å². The third-order valence-electron chi connectivity index (χ3n) is 3.77.